The van der Waals surface area contributed by atoms with Crippen LogP contribution < -0.4 is 10.5 Å². The Morgan fingerprint density at radius 3 is 2.78 bits per heavy atom. The monoisotopic (exact) mass is 252 g/mol. The van der Waals surface area contributed by atoms with Crippen LogP contribution in [-0.4, -0.2) is 32.1 Å². The number of benzene rings is 1. The molecule has 2 atom stereocenters. The fourth-order valence-electron chi connectivity index (χ4n) is 2.79. The molecule has 2 unspecified atom stereocenters. The van der Waals surface area contributed by atoms with Crippen LogP contribution in [0.5, 0.6) is 5.75 Å². The number of ether oxygens (including phenoxy) is 1. The molecule has 1 aliphatic heterocycles. The van der Waals surface area contributed by atoms with Crippen molar-refractivity contribution in [3.63, 3.8) is 0 Å². The number of aryl methyl sites for hydroxylation is 1. The highest BCUT2D eigenvalue weighted by Crippen LogP contribution is 2.40. The van der Waals surface area contributed by atoms with E-state index in [0.717, 1.165) is 13.0 Å². The summed E-state index contributed by atoms with van der Waals surface area (Å²) >= 11 is 0. The van der Waals surface area contributed by atoms with Gasteiger partial charge in [0.05, 0.1) is 7.11 Å². The van der Waals surface area contributed by atoms with Gasteiger partial charge in [0.2, 0.25) is 0 Å². The summed E-state index contributed by atoms with van der Waals surface area (Å²) in [6.07, 6.45) is 0.893. The number of rotatable bonds is 3. The zero-order valence-electron chi connectivity index (χ0n) is 11.2. The molecule has 0 bridgehead atoms. The minimum Gasteiger partial charge on any atom is -0.496 e. The van der Waals surface area contributed by atoms with Crippen LogP contribution in [0, 0.1) is 18.7 Å². The van der Waals surface area contributed by atoms with Gasteiger partial charge in [-0.15, -0.1) is 0 Å². The van der Waals surface area contributed by atoms with Crippen LogP contribution in [0.15, 0.2) is 12.1 Å². The maximum absolute atomic E-state index is 14.4. The number of hydrogen-bond donors (Lipinski definition) is 1. The molecule has 100 valence electrons. The molecule has 1 aromatic rings. The van der Waals surface area contributed by atoms with Gasteiger partial charge in [0.1, 0.15) is 11.6 Å². The summed E-state index contributed by atoms with van der Waals surface area (Å²) in [5.74, 6) is 0.918. The maximum Gasteiger partial charge on any atom is 0.134 e. The number of methoxy groups -OCH3 is 1. The second-order valence-corrected chi connectivity index (χ2v) is 5.11. The van der Waals surface area contributed by atoms with Gasteiger partial charge in [0, 0.05) is 18.2 Å². The molecule has 0 amide bonds. The van der Waals surface area contributed by atoms with Crippen molar-refractivity contribution in [3.8, 4) is 5.75 Å². The van der Waals surface area contributed by atoms with E-state index in [-0.39, 0.29) is 11.9 Å². The lowest BCUT2D eigenvalue weighted by molar-refractivity contribution is 0.294. The van der Waals surface area contributed by atoms with Crippen molar-refractivity contribution in [3.05, 3.63) is 29.1 Å². The molecule has 1 saturated heterocycles. The molecule has 3 nitrogen and oxygen atoms in total. The Morgan fingerprint density at radius 1 is 1.50 bits per heavy atom. The summed E-state index contributed by atoms with van der Waals surface area (Å²) in [4.78, 5) is 2.16. The average Bonchev–Trinajstić information content (AvgIpc) is 2.73. The smallest absolute Gasteiger partial charge is 0.134 e. The molecular weight excluding hydrogens is 231 g/mol. The lowest BCUT2D eigenvalue weighted by Crippen LogP contribution is -2.21. The minimum atomic E-state index is -0.149. The van der Waals surface area contributed by atoms with Crippen molar-refractivity contribution in [1.82, 2.24) is 4.90 Å². The molecule has 2 rings (SSSR count). The lowest BCUT2D eigenvalue weighted by Gasteiger charge is -2.23. The molecule has 4 heteroatoms. The maximum atomic E-state index is 14.4. The fraction of sp³-hybridized carbons (Fsp3) is 0.571. The summed E-state index contributed by atoms with van der Waals surface area (Å²) in [6, 6.07) is 3.66. The van der Waals surface area contributed by atoms with E-state index in [9.17, 15) is 4.39 Å². The second kappa shape index (κ2) is 5.24. The SMILES string of the molecule is COc1ccc(C)c(F)c1C1CC(CN)CN1C. The van der Waals surface area contributed by atoms with Crippen molar-refractivity contribution in [1.29, 1.82) is 0 Å². The molecule has 18 heavy (non-hydrogen) atoms. The predicted octanol–water partition coefficient (Wildman–Crippen LogP) is 2.09. The normalized spacial score (nSPS) is 24.5. The van der Waals surface area contributed by atoms with Crippen molar-refractivity contribution in [2.75, 3.05) is 27.2 Å². The number of nitrogens with two attached hydrogens (primary N) is 1. The molecule has 1 aromatic carbocycles. The van der Waals surface area contributed by atoms with Gasteiger partial charge in [-0.1, -0.05) is 6.07 Å². The molecular formula is C14H21FN2O. The zero-order valence-corrected chi connectivity index (χ0v) is 11.2. The summed E-state index contributed by atoms with van der Waals surface area (Å²) in [7, 11) is 3.60. The third kappa shape index (κ3) is 2.22. The Hall–Kier alpha value is -1.13. The highest BCUT2D eigenvalue weighted by molar-refractivity contribution is 5.41. The van der Waals surface area contributed by atoms with Gasteiger partial charge in [-0.05, 0) is 44.5 Å². The number of halogens is 1. The van der Waals surface area contributed by atoms with Gasteiger partial charge in [-0.25, -0.2) is 4.39 Å². The van der Waals surface area contributed by atoms with Gasteiger partial charge < -0.3 is 10.5 Å². The highest BCUT2D eigenvalue weighted by Gasteiger charge is 2.33. The van der Waals surface area contributed by atoms with Gasteiger partial charge in [-0.3, -0.25) is 4.90 Å². The van der Waals surface area contributed by atoms with E-state index in [4.69, 9.17) is 10.5 Å². The van der Waals surface area contributed by atoms with E-state index < -0.39 is 0 Å². The van der Waals surface area contributed by atoms with E-state index >= 15 is 0 Å². The third-order valence-corrected chi connectivity index (χ3v) is 3.85. The average molecular weight is 252 g/mol. The Bertz CT molecular complexity index is 436. The Morgan fingerprint density at radius 2 is 2.22 bits per heavy atom. The van der Waals surface area contributed by atoms with Crippen molar-refractivity contribution < 1.29 is 9.13 Å². The second-order valence-electron chi connectivity index (χ2n) is 5.11. The molecule has 0 aromatic heterocycles. The van der Waals surface area contributed by atoms with Crippen LogP contribution in [0.1, 0.15) is 23.6 Å². The molecule has 0 aliphatic carbocycles. The number of hydrogen-bond acceptors (Lipinski definition) is 3. The van der Waals surface area contributed by atoms with Gasteiger partial charge >= 0.3 is 0 Å². The van der Waals surface area contributed by atoms with Crippen molar-refractivity contribution in [2.24, 2.45) is 11.7 Å². The molecule has 0 saturated carbocycles. The van der Waals surface area contributed by atoms with E-state index in [1.165, 1.54) is 0 Å². The first-order valence-electron chi connectivity index (χ1n) is 6.31. The summed E-state index contributed by atoms with van der Waals surface area (Å²) in [5, 5.41) is 0. The number of likely N-dealkylation sites (tertiary alicyclic amines) is 1. The molecule has 1 heterocycles. The molecule has 1 aliphatic rings. The zero-order chi connectivity index (χ0) is 13.3. The Labute approximate surface area is 108 Å². The fourth-order valence-corrected chi connectivity index (χ4v) is 2.79. The van der Waals surface area contributed by atoms with Crippen LogP contribution in [0.3, 0.4) is 0 Å². The topological polar surface area (TPSA) is 38.5 Å². The Balaban J connectivity index is 2.41. The lowest BCUT2D eigenvalue weighted by atomic mass is 9.97. The quantitative estimate of drug-likeness (QED) is 0.895. The van der Waals surface area contributed by atoms with Gasteiger partial charge in [0.25, 0.3) is 0 Å². The molecule has 0 spiro atoms. The van der Waals surface area contributed by atoms with E-state index in [2.05, 4.69) is 4.90 Å². The first-order valence-corrected chi connectivity index (χ1v) is 6.31. The first-order chi connectivity index (χ1) is 8.58. The van der Waals surface area contributed by atoms with Crippen molar-refractivity contribution in [2.45, 2.75) is 19.4 Å². The molecule has 0 radical (unpaired) electrons. The van der Waals surface area contributed by atoms with Crippen LogP contribution in [0.4, 0.5) is 4.39 Å². The first kappa shape index (κ1) is 13.3. The molecule has 2 N–H and O–H groups in total. The van der Waals surface area contributed by atoms with Gasteiger partial charge in [0.15, 0.2) is 0 Å². The molecule has 1 fully saturated rings. The largest absolute Gasteiger partial charge is 0.496 e. The third-order valence-electron chi connectivity index (χ3n) is 3.85. The van der Waals surface area contributed by atoms with Crippen LogP contribution >= 0.6 is 0 Å². The summed E-state index contributed by atoms with van der Waals surface area (Å²) in [5.41, 5.74) is 7.06. The van der Waals surface area contributed by atoms with Crippen LogP contribution in [-0.2, 0) is 0 Å². The van der Waals surface area contributed by atoms with Crippen LogP contribution in [0.2, 0.25) is 0 Å². The Kier molecular flexibility index (Phi) is 3.88. The number of nitrogens with zero attached hydrogens (tertiary/aromatic N) is 1. The van der Waals surface area contributed by atoms with Crippen molar-refractivity contribution >= 4 is 0 Å². The predicted molar refractivity (Wildman–Crippen MR) is 70.2 cm³/mol. The van der Waals surface area contributed by atoms with E-state index in [0.29, 0.717) is 29.3 Å². The van der Waals surface area contributed by atoms with E-state index in [1.54, 1.807) is 20.1 Å². The minimum absolute atomic E-state index is 0.0633. The van der Waals surface area contributed by atoms with E-state index in [1.807, 2.05) is 13.1 Å². The standard InChI is InChI=1S/C14H21FN2O/c1-9-4-5-12(18-3)13(14(9)15)11-6-10(7-16)8-17(11)2/h4-5,10-11H,6-8,16H2,1-3H3. The summed E-state index contributed by atoms with van der Waals surface area (Å²) in [6.45, 7) is 3.35. The highest BCUT2D eigenvalue weighted by atomic mass is 19.1. The van der Waals surface area contributed by atoms with Crippen LogP contribution in [0.25, 0.3) is 0 Å². The summed E-state index contributed by atoms with van der Waals surface area (Å²) < 4.78 is 19.7. The van der Waals surface area contributed by atoms with Gasteiger partial charge in [-0.2, -0.15) is 0 Å².